The maximum Gasteiger partial charge on any atom is 0.310 e. The van der Waals surface area contributed by atoms with Crippen LogP contribution in [0.25, 0.3) is 0 Å². The van der Waals surface area contributed by atoms with E-state index < -0.39 is 28.2 Å². The molecule has 3 aliphatic heterocycles. The fourth-order valence-corrected chi connectivity index (χ4v) is 10.2. The van der Waals surface area contributed by atoms with Crippen molar-refractivity contribution in [1.29, 1.82) is 0 Å². The number of likely N-dealkylation sites (tertiary alicyclic amines) is 1. The quantitative estimate of drug-likeness (QED) is 0.265. The molecule has 0 aromatic carbocycles. The zero-order valence-corrected chi connectivity index (χ0v) is 23.6. The second-order valence-electron chi connectivity index (χ2n) is 11.5. The molecule has 3 fully saturated rings. The third-order valence-electron chi connectivity index (χ3n) is 7.19. The van der Waals surface area contributed by atoms with Crippen molar-refractivity contribution in [2.45, 2.75) is 80.8 Å². The number of ether oxygens (including phenoxy) is 1. The highest BCUT2D eigenvalue weighted by Gasteiger charge is 2.76. The van der Waals surface area contributed by atoms with Crippen LogP contribution in [0, 0.1) is 17.3 Å². The molecule has 0 aromatic heterocycles. The second-order valence-corrected chi connectivity index (χ2v) is 14.2. The molecule has 192 valence electrons. The number of alkyl halides is 1. The smallest absolute Gasteiger partial charge is 0.310 e. The molecule has 6 atom stereocenters. The summed E-state index contributed by atoms with van der Waals surface area (Å²) < 4.78 is 4.62. The van der Waals surface area contributed by atoms with E-state index in [1.54, 1.807) is 24.8 Å². The van der Waals surface area contributed by atoms with E-state index >= 15 is 0 Å². The number of thioether (sulfide) groups is 1. The number of hydrogen-bond donors (Lipinski definition) is 1. The van der Waals surface area contributed by atoms with Gasteiger partial charge in [-0.2, -0.15) is 0 Å². The number of fused-ring (bicyclic) bond motifs is 1. The maximum atomic E-state index is 14.4. The molecule has 0 aliphatic carbocycles. The van der Waals surface area contributed by atoms with Gasteiger partial charge >= 0.3 is 5.97 Å². The first-order valence-corrected chi connectivity index (χ1v) is 13.9. The van der Waals surface area contributed by atoms with Gasteiger partial charge in [-0.1, -0.05) is 42.8 Å². The van der Waals surface area contributed by atoms with Crippen LogP contribution >= 0.6 is 27.7 Å². The third kappa shape index (κ3) is 4.57. The van der Waals surface area contributed by atoms with E-state index in [2.05, 4.69) is 57.1 Å². The Bertz CT molecular complexity index is 844. The van der Waals surface area contributed by atoms with E-state index in [1.165, 1.54) is 4.90 Å². The number of aliphatic hydroxyl groups excluding tert-OH is 1. The van der Waals surface area contributed by atoms with Crippen LogP contribution < -0.4 is 0 Å². The summed E-state index contributed by atoms with van der Waals surface area (Å²) in [5.41, 5.74) is -0.501. The van der Waals surface area contributed by atoms with Gasteiger partial charge in [-0.05, 0) is 39.0 Å². The molecule has 34 heavy (non-hydrogen) atoms. The summed E-state index contributed by atoms with van der Waals surface area (Å²) in [6.45, 7) is 16.6. The van der Waals surface area contributed by atoms with Crippen molar-refractivity contribution in [2.24, 2.45) is 17.3 Å². The van der Waals surface area contributed by atoms with Crippen molar-refractivity contribution in [1.82, 2.24) is 9.80 Å². The molecular weight excluding hydrogens is 520 g/mol. The lowest BCUT2D eigenvalue weighted by molar-refractivity contribution is -0.153. The third-order valence-corrected chi connectivity index (χ3v) is 10.4. The summed E-state index contributed by atoms with van der Waals surface area (Å²) in [5.74, 6) is -1.99. The van der Waals surface area contributed by atoms with Crippen molar-refractivity contribution >= 4 is 45.5 Å². The molecule has 3 saturated heterocycles. The van der Waals surface area contributed by atoms with Crippen LogP contribution in [-0.2, 0) is 19.1 Å². The highest BCUT2D eigenvalue weighted by Crippen LogP contribution is 2.68. The Morgan fingerprint density at radius 3 is 2.53 bits per heavy atom. The standard InChI is InChI=1S/C25H39BrN2O5S/c1-8-10-28(24(6,7)14-23(3,4)5)21(31)19-25-13-15(26)18(34-25)16(22(32)33-9-2)17(25)20(30)27(19)11-12-29/h8,15-19,29H,1,9-14H2,2-7H3/t15?,16-,17-,18-,19?,25?/m0/s1. The maximum absolute atomic E-state index is 14.4. The first-order chi connectivity index (χ1) is 15.8. The Labute approximate surface area is 216 Å². The predicted octanol–water partition coefficient (Wildman–Crippen LogP) is 3.24. The number of rotatable bonds is 9. The minimum Gasteiger partial charge on any atom is -0.466 e. The van der Waals surface area contributed by atoms with E-state index in [1.807, 2.05) is 4.90 Å². The van der Waals surface area contributed by atoms with Gasteiger partial charge in [0, 0.05) is 28.7 Å². The highest BCUT2D eigenvalue weighted by molar-refractivity contribution is 9.09. The molecule has 0 saturated carbocycles. The van der Waals surface area contributed by atoms with Crippen LogP contribution in [0.15, 0.2) is 12.7 Å². The molecule has 0 radical (unpaired) electrons. The summed E-state index contributed by atoms with van der Waals surface area (Å²) in [4.78, 5) is 44.5. The van der Waals surface area contributed by atoms with Gasteiger partial charge in [0.2, 0.25) is 11.8 Å². The Morgan fingerprint density at radius 1 is 1.35 bits per heavy atom. The molecule has 1 N–H and O–H groups in total. The summed E-state index contributed by atoms with van der Waals surface area (Å²) in [5, 5.41) is 9.67. The molecule has 3 heterocycles. The summed E-state index contributed by atoms with van der Waals surface area (Å²) in [6, 6.07) is -0.759. The number of amides is 2. The van der Waals surface area contributed by atoms with Crippen LogP contribution in [0.1, 0.15) is 54.4 Å². The highest BCUT2D eigenvalue weighted by atomic mass is 79.9. The van der Waals surface area contributed by atoms with Gasteiger partial charge in [0.25, 0.3) is 0 Å². The van der Waals surface area contributed by atoms with Gasteiger partial charge < -0.3 is 19.6 Å². The largest absolute Gasteiger partial charge is 0.466 e. The molecule has 1 spiro atoms. The van der Waals surface area contributed by atoms with Gasteiger partial charge in [0.1, 0.15) is 6.04 Å². The van der Waals surface area contributed by atoms with E-state index in [-0.39, 0.29) is 53.0 Å². The molecule has 9 heteroatoms. The van der Waals surface area contributed by atoms with Crippen molar-refractivity contribution in [2.75, 3.05) is 26.3 Å². The topological polar surface area (TPSA) is 87.2 Å². The van der Waals surface area contributed by atoms with Crippen molar-refractivity contribution < 1.29 is 24.2 Å². The minimum atomic E-state index is -0.759. The van der Waals surface area contributed by atoms with Crippen molar-refractivity contribution in [3.05, 3.63) is 12.7 Å². The average molecular weight is 560 g/mol. The van der Waals surface area contributed by atoms with Gasteiger partial charge in [-0.3, -0.25) is 14.4 Å². The van der Waals surface area contributed by atoms with Gasteiger partial charge in [0.05, 0.1) is 29.8 Å². The minimum absolute atomic E-state index is 0.00391. The van der Waals surface area contributed by atoms with Crippen LogP contribution in [0.5, 0.6) is 0 Å². The van der Waals surface area contributed by atoms with Crippen LogP contribution in [0.4, 0.5) is 0 Å². The fraction of sp³-hybridized carbons (Fsp3) is 0.800. The van der Waals surface area contributed by atoms with Crippen molar-refractivity contribution in [3.8, 4) is 0 Å². The molecule has 2 bridgehead atoms. The molecule has 2 amide bonds. The summed E-state index contributed by atoms with van der Waals surface area (Å²) >= 11 is 5.32. The lowest BCUT2D eigenvalue weighted by Gasteiger charge is -2.46. The normalized spacial score (nSPS) is 32.6. The van der Waals surface area contributed by atoms with Crippen molar-refractivity contribution in [3.63, 3.8) is 0 Å². The Balaban J connectivity index is 2.08. The van der Waals surface area contributed by atoms with Gasteiger partial charge in [0.15, 0.2) is 0 Å². The lowest BCUT2D eigenvalue weighted by Crippen LogP contribution is -2.60. The summed E-state index contributed by atoms with van der Waals surface area (Å²) in [7, 11) is 0. The average Bonchev–Trinajstić information content (AvgIpc) is 3.28. The van der Waals surface area contributed by atoms with E-state index in [0.29, 0.717) is 13.0 Å². The lowest BCUT2D eigenvalue weighted by atomic mass is 9.70. The predicted molar refractivity (Wildman–Crippen MR) is 138 cm³/mol. The number of esters is 1. The molecule has 0 aromatic rings. The Morgan fingerprint density at radius 2 is 2.00 bits per heavy atom. The number of halogens is 1. The number of β-amino-alcohol motifs (C(OH)–C–C–N with tert-alkyl or cyclic N) is 1. The Kier molecular flexibility index (Phi) is 7.91. The molecule has 3 unspecified atom stereocenters. The van der Waals surface area contributed by atoms with Gasteiger partial charge in [-0.15, -0.1) is 18.3 Å². The monoisotopic (exact) mass is 558 g/mol. The number of aliphatic hydroxyl groups is 1. The zero-order chi connectivity index (χ0) is 25.6. The van der Waals surface area contributed by atoms with Gasteiger partial charge in [-0.25, -0.2) is 0 Å². The first kappa shape index (κ1) is 27.5. The number of carbonyl (C=O) groups excluding carboxylic acids is 3. The number of nitrogens with zero attached hydrogens (tertiary/aromatic N) is 2. The SMILES string of the molecule is C=CCN(C(=O)C1N(CCO)C(=O)[C@@H]2[C@H](C(=O)OCC)[C@H]3SC12CC3Br)C(C)(C)CC(C)(C)C. The first-order valence-electron chi connectivity index (χ1n) is 12.1. The Hall–Kier alpha value is -1.06. The van der Waals surface area contributed by atoms with E-state index in [0.717, 1.165) is 6.42 Å². The number of hydrogen-bond acceptors (Lipinski definition) is 6. The number of carbonyl (C=O) groups is 3. The van der Waals surface area contributed by atoms with Crippen LogP contribution in [0.3, 0.4) is 0 Å². The van der Waals surface area contributed by atoms with Crippen LogP contribution in [-0.4, -0.2) is 85.4 Å². The molecule has 3 aliphatic rings. The summed E-state index contributed by atoms with van der Waals surface area (Å²) in [6.07, 6.45) is 3.09. The zero-order valence-electron chi connectivity index (χ0n) is 21.2. The second kappa shape index (κ2) is 9.77. The van der Waals surface area contributed by atoms with Crippen LogP contribution in [0.2, 0.25) is 0 Å². The van der Waals surface area contributed by atoms with E-state index in [4.69, 9.17) is 4.74 Å². The fourth-order valence-electron chi connectivity index (χ4n) is 6.57. The molecule has 7 nitrogen and oxygen atoms in total. The van der Waals surface area contributed by atoms with E-state index in [9.17, 15) is 19.5 Å². The molecule has 3 rings (SSSR count). The molecular formula is C25H39BrN2O5S.